The zero-order chi connectivity index (χ0) is 19.8. The Bertz CT molecular complexity index is 1200. The van der Waals surface area contributed by atoms with Gasteiger partial charge in [-0.25, -0.2) is 0 Å². The van der Waals surface area contributed by atoms with Crippen LogP contribution in [0.15, 0.2) is 63.7 Å². The Kier molecular flexibility index (Phi) is 4.60. The second kappa shape index (κ2) is 6.74. The Balaban J connectivity index is 2.15. The summed E-state index contributed by atoms with van der Waals surface area (Å²) in [7, 11) is -4.55. The standard InChI is InChI=1S/C17H13N3O6S/c1-10-8-11(20(22)23)6-7-14(10)18-19-17-13-5-3-2-4-12(13)16(9-15(17)21)27(24,25)26/h2-9,21H,1H3,(H,24,25,26). The highest BCUT2D eigenvalue weighted by Crippen LogP contribution is 2.40. The maximum atomic E-state index is 11.6. The van der Waals surface area contributed by atoms with Crippen LogP contribution in [0.25, 0.3) is 10.8 Å². The van der Waals surface area contributed by atoms with E-state index >= 15 is 0 Å². The van der Waals surface area contributed by atoms with E-state index in [4.69, 9.17) is 0 Å². The van der Waals surface area contributed by atoms with Crippen LogP contribution >= 0.6 is 0 Å². The van der Waals surface area contributed by atoms with Crippen LogP contribution in [-0.4, -0.2) is 23.0 Å². The zero-order valence-corrected chi connectivity index (χ0v) is 14.7. The molecule has 0 aliphatic rings. The fourth-order valence-corrected chi connectivity index (χ4v) is 3.32. The van der Waals surface area contributed by atoms with E-state index in [1.54, 1.807) is 19.1 Å². The van der Waals surface area contributed by atoms with Crippen molar-refractivity contribution in [3.05, 3.63) is 64.2 Å². The molecule has 0 saturated heterocycles. The van der Waals surface area contributed by atoms with Gasteiger partial charge in [0, 0.05) is 29.0 Å². The topological polar surface area (TPSA) is 142 Å². The summed E-state index contributed by atoms with van der Waals surface area (Å²) in [4.78, 5) is 9.83. The first-order valence-electron chi connectivity index (χ1n) is 7.57. The van der Waals surface area contributed by atoms with Gasteiger partial charge in [0.25, 0.3) is 15.8 Å². The van der Waals surface area contributed by atoms with Crippen molar-refractivity contribution < 1.29 is 23.0 Å². The van der Waals surface area contributed by atoms with Crippen molar-refractivity contribution >= 4 is 38.0 Å². The molecule has 0 aliphatic carbocycles. The second-order valence-corrected chi connectivity index (χ2v) is 7.08. The lowest BCUT2D eigenvalue weighted by atomic mass is 10.1. The molecule has 3 aromatic carbocycles. The van der Waals surface area contributed by atoms with Gasteiger partial charge in [-0.15, -0.1) is 5.11 Å². The van der Waals surface area contributed by atoms with Gasteiger partial charge in [0.2, 0.25) is 0 Å². The smallest absolute Gasteiger partial charge is 0.295 e. The number of azo groups is 1. The van der Waals surface area contributed by atoms with Gasteiger partial charge in [-0.05, 0) is 18.6 Å². The number of nitro benzene ring substituents is 1. The number of benzene rings is 3. The minimum Gasteiger partial charge on any atom is -0.506 e. The normalized spacial score (nSPS) is 11.9. The molecule has 2 N–H and O–H groups in total. The van der Waals surface area contributed by atoms with Crippen LogP contribution in [-0.2, 0) is 10.1 Å². The molecule has 0 spiro atoms. The number of phenolic OH excluding ortho intramolecular Hbond substituents is 1. The number of hydrogen-bond acceptors (Lipinski definition) is 7. The van der Waals surface area contributed by atoms with Gasteiger partial charge in [0.1, 0.15) is 16.3 Å². The Labute approximate surface area is 153 Å². The maximum absolute atomic E-state index is 11.6. The fourth-order valence-electron chi connectivity index (χ4n) is 2.60. The highest BCUT2D eigenvalue weighted by Gasteiger charge is 2.19. The molecule has 0 saturated carbocycles. The van der Waals surface area contributed by atoms with Crippen LogP contribution in [0, 0.1) is 17.0 Å². The summed E-state index contributed by atoms with van der Waals surface area (Å²) < 4.78 is 32.5. The molecule has 0 aromatic heterocycles. The van der Waals surface area contributed by atoms with Gasteiger partial charge in [0.05, 0.1) is 10.6 Å². The van der Waals surface area contributed by atoms with E-state index in [-0.39, 0.29) is 22.1 Å². The van der Waals surface area contributed by atoms with E-state index in [0.717, 1.165) is 6.07 Å². The first kappa shape index (κ1) is 18.4. The lowest BCUT2D eigenvalue weighted by Crippen LogP contribution is -1.99. The van der Waals surface area contributed by atoms with Crippen molar-refractivity contribution in [1.82, 2.24) is 0 Å². The monoisotopic (exact) mass is 387 g/mol. The Morgan fingerprint density at radius 1 is 1.04 bits per heavy atom. The predicted octanol–water partition coefficient (Wildman–Crippen LogP) is 4.42. The molecular weight excluding hydrogens is 374 g/mol. The van der Waals surface area contributed by atoms with Crippen LogP contribution < -0.4 is 0 Å². The van der Waals surface area contributed by atoms with Crippen molar-refractivity contribution in [2.75, 3.05) is 0 Å². The molecule has 0 atom stereocenters. The zero-order valence-electron chi connectivity index (χ0n) is 13.9. The summed E-state index contributed by atoms with van der Waals surface area (Å²) in [6, 6.07) is 11.1. The summed E-state index contributed by atoms with van der Waals surface area (Å²) in [5.41, 5.74) is 0.780. The van der Waals surface area contributed by atoms with E-state index in [9.17, 15) is 28.2 Å². The molecule has 27 heavy (non-hydrogen) atoms. The average Bonchev–Trinajstić information content (AvgIpc) is 2.60. The highest BCUT2D eigenvalue weighted by atomic mass is 32.2. The third-order valence-corrected chi connectivity index (χ3v) is 4.78. The molecular formula is C17H13N3O6S. The fraction of sp³-hybridized carbons (Fsp3) is 0.0588. The number of phenols is 1. The van der Waals surface area contributed by atoms with E-state index in [1.807, 2.05) is 0 Å². The SMILES string of the molecule is Cc1cc([N+](=O)[O-])ccc1N=Nc1c(O)cc(S(=O)(=O)O)c2ccccc12. The third kappa shape index (κ3) is 3.61. The summed E-state index contributed by atoms with van der Waals surface area (Å²) in [5.74, 6) is -0.482. The number of aryl methyl sites for hydroxylation is 1. The third-order valence-electron chi connectivity index (χ3n) is 3.88. The molecule has 0 unspecified atom stereocenters. The van der Waals surface area contributed by atoms with Gasteiger partial charge in [-0.1, -0.05) is 24.3 Å². The Hall–Kier alpha value is -3.37. The molecule has 3 rings (SSSR count). The second-order valence-electron chi connectivity index (χ2n) is 5.69. The van der Waals surface area contributed by atoms with E-state index in [2.05, 4.69) is 10.2 Å². The number of non-ortho nitro benzene ring substituents is 1. The summed E-state index contributed by atoms with van der Waals surface area (Å²) >= 11 is 0. The number of rotatable bonds is 4. The van der Waals surface area contributed by atoms with Crippen LogP contribution in [0.5, 0.6) is 5.75 Å². The first-order valence-corrected chi connectivity index (χ1v) is 9.01. The van der Waals surface area contributed by atoms with Crippen molar-refractivity contribution in [3.8, 4) is 5.75 Å². The molecule has 9 nitrogen and oxygen atoms in total. The van der Waals surface area contributed by atoms with Gasteiger partial charge < -0.3 is 5.11 Å². The molecule has 0 radical (unpaired) electrons. The van der Waals surface area contributed by atoms with Gasteiger partial charge in [-0.3, -0.25) is 14.7 Å². The number of nitro groups is 1. The number of fused-ring (bicyclic) bond motifs is 1. The lowest BCUT2D eigenvalue weighted by Gasteiger charge is -2.08. The van der Waals surface area contributed by atoms with Crippen molar-refractivity contribution in [1.29, 1.82) is 0 Å². The minimum atomic E-state index is -4.55. The van der Waals surface area contributed by atoms with Crippen LogP contribution in [0.4, 0.5) is 17.1 Å². The minimum absolute atomic E-state index is 0.00996. The number of hydrogen-bond donors (Lipinski definition) is 2. The van der Waals surface area contributed by atoms with E-state index in [1.165, 1.54) is 30.3 Å². The molecule has 10 heteroatoms. The highest BCUT2D eigenvalue weighted by molar-refractivity contribution is 7.86. The quantitative estimate of drug-likeness (QED) is 0.293. The summed E-state index contributed by atoms with van der Waals surface area (Å²) in [6.07, 6.45) is 0. The van der Waals surface area contributed by atoms with Crippen molar-refractivity contribution in [2.24, 2.45) is 10.2 Å². The Morgan fingerprint density at radius 3 is 2.30 bits per heavy atom. The average molecular weight is 387 g/mol. The molecule has 0 bridgehead atoms. The van der Waals surface area contributed by atoms with Crippen LogP contribution in [0.2, 0.25) is 0 Å². The molecule has 0 heterocycles. The first-order chi connectivity index (χ1) is 12.7. The van der Waals surface area contributed by atoms with Crippen LogP contribution in [0.1, 0.15) is 5.56 Å². The maximum Gasteiger partial charge on any atom is 0.295 e. The molecule has 0 amide bonds. The van der Waals surface area contributed by atoms with Gasteiger partial charge in [-0.2, -0.15) is 13.5 Å². The summed E-state index contributed by atoms with van der Waals surface area (Å²) in [6.45, 7) is 1.63. The molecule has 138 valence electrons. The predicted molar refractivity (Wildman–Crippen MR) is 97.4 cm³/mol. The molecule has 3 aromatic rings. The number of nitrogens with zero attached hydrogens (tertiary/aromatic N) is 3. The van der Waals surface area contributed by atoms with E-state index in [0.29, 0.717) is 11.3 Å². The number of aromatic hydroxyl groups is 1. The van der Waals surface area contributed by atoms with Crippen molar-refractivity contribution in [2.45, 2.75) is 11.8 Å². The summed E-state index contributed by atoms with van der Waals surface area (Å²) in [5, 5.41) is 29.4. The van der Waals surface area contributed by atoms with Gasteiger partial charge in [0.15, 0.2) is 0 Å². The van der Waals surface area contributed by atoms with Crippen LogP contribution in [0.3, 0.4) is 0 Å². The molecule has 0 aliphatic heterocycles. The molecule has 0 fully saturated rings. The Morgan fingerprint density at radius 2 is 1.70 bits per heavy atom. The van der Waals surface area contributed by atoms with Gasteiger partial charge >= 0.3 is 0 Å². The van der Waals surface area contributed by atoms with E-state index < -0.39 is 25.7 Å². The van der Waals surface area contributed by atoms with Crippen molar-refractivity contribution in [3.63, 3.8) is 0 Å². The lowest BCUT2D eigenvalue weighted by molar-refractivity contribution is -0.384. The largest absolute Gasteiger partial charge is 0.506 e.